The van der Waals surface area contributed by atoms with Gasteiger partial charge in [-0.25, -0.2) is 0 Å². The van der Waals surface area contributed by atoms with E-state index in [1.165, 1.54) is 14.2 Å². The molecule has 0 bridgehead atoms. The number of piperazine rings is 1. The average Bonchev–Trinajstić information content (AvgIpc) is 2.78. The minimum atomic E-state index is -0.678. The predicted molar refractivity (Wildman–Crippen MR) is 110 cm³/mol. The summed E-state index contributed by atoms with van der Waals surface area (Å²) in [6.45, 7) is 2.15. The van der Waals surface area contributed by atoms with Crippen LogP contribution in [0.15, 0.2) is 42.5 Å². The van der Waals surface area contributed by atoms with Crippen LogP contribution in [0.25, 0.3) is 0 Å². The minimum Gasteiger partial charge on any atom is -0.495 e. The van der Waals surface area contributed by atoms with Gasteiger partial charge in [0.1, 0.15) is 5.75 Å². The maximum atomic E-state index is 12.6. The molecule has 1 fully saturated rings. The van der Waals surface area contributed by atoms with Crippen LogP contribution in [0, 0.1) is 0 Å². The van der Waals surface area contributed by atoms with Gasteiger partial charge in [0.25, 0.3) is 0 Å². The van der Waals surface area contributed by atoms with Crippen molar-refractivity contribution in [2.75, 3.05) is 57.7 Å². The zero-order chi connectivity index (χ0) is 20.8. The molecule has 2 amide bonds. The fourth-order valence-corrected chi connectivity index (χ4v) is 3.28. The third-order valence-electron chi connectivity index (χ3n) is 4.83. The summed E-state index contributed by atoms with van der Waals surface area (Å²) in [4.78, 5) is 28.7. The van der Waals surface area contributed by atoms with Crippen LogP contribution in [0.2, 0.25) is 0 Å². The fraction of sp³-hybridized carbons (Fsp3) is 0.333. The summed E-state index contributed by atoms with van der Waals surface area (Å²) >= 11 is 0. The largest absolute Gasteiger partial charge is 0.495 e. The van der Waals surface area contributed by atoms with Crippen LogP contribution < -0.4 is 24.4 Å². The molecule has 1 aliphatic rings. The number of anilines is 2. The molecule has 1 heterocycles. The number of hydrogen-bond acceptors (Lipinski definition) is 6. The van der Waals surface area contributed by atoms with Crippen molar-refractivity contribution in [2.45, 2.75) is 0 Å². The summed E-state index contributed by atoms with van der Waals surface area (Å²) in [5.41, 5.74) is 1.45. The first-order chi connectivity index (χ1) is 14.1. The summed E-state index contributed by atoms with van der Waals surface area (Å²) in [5.74, 6) is 0.577. The molecule has 3 rings (SSSR count). The van der Waals surface area contributed by atoms with Crippen LogP contribution in [-0.4, -0.2) is 64.2 Å². The summed E-state index contributed by atoms with van der Waals surface area (Å²) in [6.07, 6.45) is 0. The third kappa shape index (κ3) is 4.53. The first-order valence-corrected chi connectivity index (χ1v) is 9.27. The molecule has 1 N–H and O–H groups in total. The molecule has 8 nitrogen and oxygen atoms in total. The number of benzene rings is 2. The summed E-state index contributed by atoms with van der Waals surface area (Å²) in [6, 6.07) is 12.7. The summed E-state index contributed by atoms with van der Waals surface area (Å²) in [7, 11) is 4.68. The number of nitrogens with zero attached hydrogens (tertiary/aromatic N) is 2. The van der Waals surface area contributed by atoms with E-state index < -0.39 is 11.8 Å². The van der Waals surface area contributed by atoms with Crippen LogP contribution >= 0.6 is 0 Å². The molecule has 29 heavy (non-hydrogen) atoms. The van der Waals surface area contributed by atoms with Crippen LogP contribution in [0.4, 0.5) is 11.4 Å². The SMILES string of the molecule is COc1ccc(NC(=O)C(=O)N2CCN(c3ccccc3OC)CC2)cc1OC. The van der Waals surface area contributed by atoms with E-state index in [0.29, 0.717) is 43.4 Å². The first kappa shape index (κ1) is 20.3. The van der Waals surface area contributed by atoms with Crippen LogP contribution in [0.5, 0.6) is 17.2 Å². The molecule has 2 aromatic rings. The van der Waals surface area contributed by atoms with E-state index in [1.807, 2.05) is 24.3 Å². The fourth-order valence-electron chi connectivity index (χ4n) is 3.28. The number of nitrogens with one attached hydrogen (secondary N) is 1. The Hall–Kier alpha value is -3.42. The molecule has 0 saturated carbocycles. The van der Waals surface area contributed by atoms with Gasteiger partial charge in [-0.15, -0.1) is 0 Å². The molecule has 1 aliphatic heterocycles. The molecule has 0 spiro atoms. The zero-order valence-electron chi connectivity index (χ0n) is 16.8. The second-order valence-corrected chi connectivity index (χ2v) is 6.47. The van der Waals surface area contributed by atoms with Crippen LogP contribution in [0.1, 0.15) is 0 Å². The van der Waals surface area contributed by atoms with Crippen LogP contribution in [0.3, 0.4) is 0 Å². The molecule has 8 heteroatoms. The molecule has 1 saturated heterocycles. The van der Waals surface area contributed by atoms with E-state index in [9.17, 15) is 9.59 Å². The van der Waals surface area contributed by atoms with Gasteiger partial charge < -0.3 is 29.3 Å². The van der Waals surface area contributed by atoms with Gasteiger partial charge in [0.2, 0.25) is 0 Å². The Morgan fingerprint density at radius 3 is 2.14 bits per heavy atom. The Balaban J connectivity index is 1.60. The normalized spacial score (nSPS) is 13.6. The zero-order valence-corrected chi connectivity index (χ0v) is 16.8. The lowest BCUT2D eigenvalue weighted by Crippen LogP contribution is -2.51. The Labute approximate surface area is 170 Å². The Bertz CT molecular complexity index is 878. The maximum Gasteiger partial charge on any atom is 0.313 e. The number of amides is 2. The highest BCUT2D eigenvalue weighted by atomic mass is 16.5. The van der Waals surface area contributed by atoms with Gasteiger partial charge >= 0.3 is 11.8 Å². The lowest BCUT2D eigenvalue weighted by molar-refractivity contribution is -0.143. The minimum absolute atomic E-state index is 0.455. The molecule has 0 atom stereocenters. The molecule has 2 aromatic carbocycles. The second-order valence-electron chi connectivity index (χ2n) is 6.47. The Morgan fingerprint density at radius 2 is 1.48 bits per heavy atom. The molecule has 0 radical (unpaired) electrons. The average molecular weight is 399 g/mol. The number of para-hydroxylation sites is 2. The number of carbonyl (C=O) groups excluding carboxylic acids is 2. The highest BCUT2D eigenvalue weighted by molar-refractivity contribution is 6.39. The standard InChI is InChI=1S/C21H25N3O5/c1-27-17-7-5-4-6-16(17)23-10-12-24(13-11-23)21(26)20(25)22-15-8-9-18(28-2)19(14-15)29-3/h4-9,14H,10-13H2,1-3H3,(H,22,25). The lowest BCUT2D eigenvalue weighted by Gasteiger charge is -2.36. The van der Waals surface area contributed by atoms with E-state index in [4.69, 9.17) is 14.2 Å². The van der Waals surface area contributed by atoms with Crippen molar-refractivity contribution >= 4 is 23.2 Å². The van der Waals surface area contributed by atoms with Gasteiger partial charge in [0, 0.05) is 37.9 Å². The topological polar surface area (TPSA) is 80.3 Å². The monoisotopic (exact) mass is 399 g/mol. The van der Waals surface area contributed by atoms with Crippen molar-refractivity contribution in [3.8, 4) is 17.2 Å². The molecule has 0 aliphatic carbocycles. The number of carbonyl (C=O) groups is 2. The summed E-state index contributed by atoms with van der Waals surface area (Å²) in [5, 5.41) is 2.63. The van der Waals surface area contributed by atoms with E-state index in [-0.39, 0.29) is 0 Å². The van der Waals surface area contributed by atoms with Gasteiger partial charge in [-0.3, -0.25) is 9.59 Å². The van der Waals surface area contributed by atoms with Crippen molar-refractivity contribution in [1.29, 1.82) is 0 Å². The Morgan fingerprint density at radius 1 is 0.828 bits per heavy atom. The molecular formula is C21H25N3O5. The number of rotatable bonds is 5. The summed E-state index contributed by atoms with van der Waals surface area (Å²) < 4.78 is 15.8. The maximum absolute atomic E-state index is 12.6. The van der Waals surface area contributed by atoms with Crippen molar-refractivity contribution in [3.63, 3.8) is 0 Å². The number of hydrogen-bond donors (Lipinski definition) is 1. The van der Waals surface area contributed by atoms with E-state index in [1.54, 1.807) is 30.2 Å². The predicted octanol–water partition coefficient (Wildman–Crippen LogP) is 2.00. The first-order valence-electron chi connectivity index (χ1n) is 9.27. The molecular weight excluding hydrogens is 374 g/mol. The van der Waals surface area contributed by atoms with Gasteiger partial charge in [-0.05, 0) is 24.3 Å². The van der Waals surface area contributed by atoms with E-state index >= 15 is 0 Å². The molecule has 0 aromatic heterocycles. The van der Waals surface area contributed by atoms with Crippen molar-refractivity contribution in [3.05, 3.63) is 42.5 Å². The van der Waals surface area contributed by atoms with Crippen molar-refractivity contribution in [2.24, 2.45) is 0 Å². The lowest BCUT2D eigenvalue weighted by atomic mass is 10.2. The van der Waals surface area contributed by atoms with Gasteiger partial charge in [0.15, 0.2) is 11.5 Å². The number of methoxy groups -OCH3 is 3. The molecule has 0 unspecified atom stereocenters. The van der Waals surface area contributed by atoms with Gasteiger partial charge in [0.05, 0.1) is 27.0 Å². The molecule has 154 valence electrons. The number of ether oxygens (including phenoxy) is 3. The highest BCUT2D eigenvalue weighted by Crippen LogP contribution is 2.30. The smallest absolute Gasteiger partial charge is 0.313 e. The second kappa shape index (κ2) is 9.18. The van der Waals surface area contributed by atoms with Gasteiger partial charge in [-0.2, -0.15) is 0 Å². The van der Waals surface area contributed by atoms with Crippen molar-refractivity contribution in [1.82, 2.24) is 4.90 Å². The Kier molecular flexibility index (Phi) is 6.43. The third-order valence-corrected chi connectivity index (χ3v) is 4.83. The van der Waals surface area contributed by atoms with E-state index in [2.05, 4.69) is 10.2 Å². The van der Waals surface area contributed by atoms with Gasteiger partial charge in [-0.1, -0.05) is 12.1 Å². The van der Waals surface area contributed by atoms with E-state index in [0.717, 1.165) is 11.4 Å². The van der Waals surface area contributed by atoms with Crippen molar-refractivity contribution < 1.29 is 23.8 Å². The quantitative estimate of drug-likeness (QED) is 0.775. The van der Waals surface area contributed by atoms with Crippen LogP contribution in [-0.2, 0) is 9.59 Å². The highest BCUT2D eigenvalue weighted by Gasteiger charge is 2.27.